The third-order valence-corrected chi connectivity index (χ3v) is 1.77. The molecule has 0 spiro atoms. The number of carbonyl (C=O) groups is 1. The van der Waals surface area contributed by atoms with Crippen LogP contribution in [0.25, 0.3) is 0 Å². The fraction of sp³-hybridized carbons (Fsp3) is 0.250. The zero-order chi connectivity index (χ0) is 9.26. The maximum atomic E-state index is 10.9. The molecular weight excluding hydrogens is 170 g/mol. The molecule has 13 heavy (non-hydrogen) atoms. The molecule has 0 radical (unpaired) electrons. The molecule has 1 aromatic rings. The lowest BCUT2D eigenvalue weighted by molar-refractivity contribution is -0.114. The van der Waals surface area contributed by atoms with E-state index >= 15 is 0 Å². The van der Waals surface area contributed by atoms with Crippen molar-refractivity contribution in [1.82, 2.24) is 4.98 Å². The number of nitrogens with one attached hydrogen (secondary N) is 2. The first kappa shape index (κ1) is 7.85. The fourth-order valence-corrected chi connectivity index (χ4v) is 1.15. The van der Waals surface area contributed by atoms with Crippen molar-refractivity contribution >= 4 is 17.4 Å². The molecule has 1 aromatic heterocycles. The van der Waals surface area contributed by atoms with Gasteiger partial charge in [-0.2, -0.15) is 4.98 Å². The molecule has 68 valence electrons. The minimum absolute atomic E-state index is 0.0560. The molecule has 0 fully saturated rings. The predicted molar refractivity (Wildman–Crippen MR) is 47.9 cm³/mol. The SMILES string of the molecule is COc1ccc2c(n1)NCC(=O)N2. The fourth-order valence-electron chi connectivity index (χ4n) is 1.15. The van der Waals surface area contributed by atoms with Crippen LogP contribution in [-0.2, 0) is 4.79 Å². The van der Waals surface area contributed by atoms with Crippen LogP contribution in [0.5, 0.6) is 5.88 Å². The Kier molecular flexibility index (Phi) is 1.77. The third-order valence-electron chi connectivity index (χ3n) is 1.77. The van der Waals surface area contributed by atoms with E-state index in [0.717, 1.165) is 0 Å². The molecule has 5 nitrogen and oxygen atoms in total. The van der Waals surface area contributed by atoms with Crippen LogP contribution in [0.15, 0.2) is 12.1 Å². The number of pyridine rings is 1. The largest absolute Gasteiger partial charge is 0.481 e. The maximum Gasteiger partial charge on any atom is 0.243 e. The summed E-state index contributed by atoms with van der Waals surface area (Å²) in [5.74, 6) is 1.13. The number of nitrogens with zero attached hydrogens (tertiary/aromatic N) is 1. The predicted octanol–water partition coefficient (Wildman–Crippen LogP) is 0.454. The number of amides is 1. The summed E-state index contributed by atoms with van der Waals surface area (Å²) < 4.78 is 4.94. The summed E-state index contributed by atoms with van der Waals surface area (Å²) in [6.45, 7) is 0.257. The van der Waals surface area contributed by atoms with Crippen molar-refractivity contribution in [3.05, 3.63) is 12.1 Å². The lowest BCUT2D eigenvalue weighted by Gasteiger charge is -2.17. The smallest absolute Gasteiger partial charge is 0.243 e. The molecule has 1 aliphatic heterocycles. The number of hydrogen-bond acceptors (Lipinski definition) is 4. The van der Waals surface area contributed by atoms with Gasteiger partial charge >= 0.3 is 0 Å². The van der Waals surface area contributed by atoms with Gasteiger partial charge in [-0.1, -0.05) is 0 Å². The summed E-state index contributed by atoms with van der Waals surface area (Å²) >= 11 is 0. The molecule has 0 bridgehead atoms. The van der Waals surface area contributed by atoms with E-state index in [9.17, 15) is 4.79 Å². The van der Waals surface area contributed by atoms with Crippen LogP contribution in [0, 0.1) is 0 Å². The molecule has 1 aliphatic rings. The number of anilines is 2. The molecule has 0 aromatic carbocycles. The lowest BCUT2D eigenvalue weighted by Crippen LogP contribution is -2.27. The quantitative estimate of drug-likeness (QED) is 0.657. The normalized spacial score (nSPS) is 14.1. The number of fused-ring (bicyclic) bond motifs is 1. The second kappa shape index (κ2) is 2.93. The molecule has 0 saturated heterocycles. The van der Waals surface area contributed by atoms with Gasteiger partial charge in [-0.25, -0.2) is 0 Å². The molecule has 1 amide bonds. The van der Waals surface area contributed by atoms with Gasteiger partial charge < -0.3 is 15.4 Å². The zero-order valence-corrected chi connectivity index (χ0v) is 7.13. The minimum Gasteiger partial charge on any atom is -0.481 e. The van der Waals surface area contributed by atoms with E-state index in [1.807, 2.05) is 0 Å². The van der Waals surface area contributed by atoms with Crippen molar-refractivity contribution in [2.24, 2.45) is 0 Å². The second-order valence-electron chi connectivity index (χ2n) is 2.65. The van der Waals surface area contributed by atoms with Crippen LogP contribution in [-0.4, -0.2) is 24.5 Å². The van der Waals surface area contributed by atoms with Gasteiger partial charge in [0.2, 0.25) is 11.8 Å². The van der Waals surface area contributed by atoms with Crippen LogP contribution < -0.4 is 15.4 Å². The van der Waals surface area contributed by atoms with Crippen molar-refractivity contribution < 1.29 is 9.53 Å². The molecule has 0 saturated carbocycles. The van der Waals surface area contributed by atoms with Crippen molar-refractivity contribution in [3.63, 3.8) is 0 Å². The van der Waals surface area contributed by atoms with Crippen LogP contribution in [0.4, 0.5) is 11.5 Å². The van der Waals surface area contributed by atoms with Gasteiger partial charge in [-0.3, -0.25) is 4.79 Å². The summed E-state index contributed by atoms with van der Waals surface area (Å²) in [5.41, 5.74) is 0.692. The Morgan fingerprint density at radius 1 is 1.54 bits per heavy atom. The Bertz CT molecular complexity index is 351. The van der Waals surface area contributed by atoms with Gasteiger partial charge in [-0.15, -0.1) is 0 Å². The van der Waals surface area contributed by atoms with E-state index < -0.39 is 0 Å². The monoisotopic (exact) mass is 179 g/mol. The number of hydrogen-bond donors (Lipinski definition) is 2. The Morgan fingerprint density at radius 2 is 2.38 bits per heavy atom. The van der Waals surface area contributed by atoms with Gasteiger partial charge in [0.25, 0.3) is 0 Å². The molecule has 2 rings (SSSR count). The average Bonchev–Trinajstić information content (AvgIpc) is 2.17. The average molecular weight is 179 g/mol. The molecule has 0 aliphatic carbocycles. The van der Waals surface area contributed by atoms with Crippen molar-refractivity contribution in [2.75, 3.05) is 24.3 Å². The number of rotatable bonds is 1. The highest BCUT2D eigenvalue weighted by Gasteiger charge is 2.15. The summed E-state index contributed by atoms with van der Waals surface area (Å²) in [5, 5.41) is 5.58. The van der Waals surface area contributed by atoms with E-state index in [1.165, 1.54) is 0 Å². The van der Waals surface area contributed by atoms with Crippen LogP contribution in [0.1, 0.15) is 0 Å². The highest BCUT2D eigenvalue weighted by molar-refractivity contribution is 5.99. The first-order valence-electron chi connectivity index (χ1n) is 3.88. The van der Waals surface area contributed by atoms with E-state index in [2.05, 4.69) is 15.6 Å². The standard InChI is InChI=1S/C8H9N3O2/c1-13-7-3-2-5-8(11-7)9-4-6(12)10-5/h2-3H,4H2,1H3,(H,9,11)(H,10,12). The summed E-state index contributed by atoms with van der Waals surface area (Å²) in [6, 6.07) is 3.46. The Balaban J connectivity index is 2.36. The molecule has 2 N–H and O–H groups in total. The molecular formula is C8H9N3O2. The summed E-state index contributed by atoms with van der Waals surface area (Å²) in [4.78, 5) is 15.1. The topological polar surface area (TPSA) is 63.2 Å². The highest BCUT2D eigenvalue weighted by atomic mass is 16.5. The van der Waals surface area contributed by atoms with Crippen LogP contribution in [0.2, 0.25) is 0 Å². The van der Waals surface area contributed by atoms with Crippen molar-refractivity contribution in [3.8, 4) is 5.88 Å². The highest BCUT2D eigenvalue weighted by Crippen LogP contribution is 2.24. The van der Waals surface area contributed by atoms with Gasteiger partial charge in [0.1, 0.15) is 0 Å². The molecule has 5 heteroatoms. The zero-order valence-electron chi connectivity index (χ0n) is 7.13. The Morgan fingerprint density at radius 3 is 3.15 bits per heavy atom. The van der Waals surface area contributed by atoms with Gasteiger partial charge in [0.05, 0.1) is 19.3 Å². The molecule has 0 unspecified atom stereocenters. The molecule has 0 atom stereocenters. The van der Waals surface area contributed by atoms with Gasteiger partial charge in [0, 0.05) is 6.07 Å². The van der Waals surface area contributed by atoms with E-state index in [4.69, 9.17) is 4.74 Å². The van der Waals surface area contributed by atoms with Crippen LogP contribution >= 0.6 is 0 Å². The lowest BCUT2D eigenvalue weighted by atomic mass is 10.3. The first-order valence-corrected chi connectivity index (χ1v) is 3.88. The second-order valence-corrected chi connectivity index (χ2v) is 2.65. The maximum absolute atomic E-state index is 10.9. The van der Waals surface area contributed by atoms with Crippen LogP contribution in [0.3, 0.4) is 0 Å². The summed E-state index contributed by atoms with van der Waals surface area (Å²) in [6.07, 6.45) is 0. The number of carbonyl (C=O) groups excluding carboxylic acids is 1. The van der Waals surface area contributed by atoms with Crippen molar-refractivity contribution in [2.45, 2.75) is 0 Å². The number of aromatic nitrogens is 1. The van der Waals surface area contributed by atoms with Gasteiger partial charge in [0.15, 0.2) is 5.82 Å². The number of methoxy groups -OCH3 is 1. The number of ether oxygens (including phenoxy) is 1. The Hall–Kier alpha value is -1.78. The van der Waals surface area contributed by atoms with Crippen molar-refractivity contribution in [1.29, 1.82) is 0 Å². The van der Waals surface area contributed by atoms with E-state index in [-0.39, 0.29) is 12.5 Å². The third kappa shape index (κ3) is 1.40. The molecule has 2 heterocycles. The van der Waals surface area contributed by atoms with E-state index in [1.54, 1.807) is 19.2 Å². The minimum atomic E-state index is -0.0560. The Labute approximate surface area is 75.1 Å². The summed E-state index contributed by atoms with van der Waals surface area (Å²) in [7, 11) is 1.55. The van der Waals surface area contributed by atoms with Gasteiger partial charge in [-0.05, 0) is 6.07 Å². The van der Waals surface area contributed by atoms with E-state index in [0.29, 0.717) is 17.4 Å². The first-order chi connectivity index (χ1) is 6.29.